The molecule has 1 fully saturated rings. The average molecular weight is 383 g/mol. The van der Waals surface area contributed by atoms with Crippen LogP contribution in [0.15, 0.2) is 72.9 Å². The van der Waals surface area contributed by atoms with E-state index in [9.17, 15) is 9.59 Å². The Balaban J connectivity index is 1.28. The quantitative estimate of drug-likeness (QED) is 0.516. The number of H-pyrrole nitrogens is 1. The van der Waals surface area contributed by atoms with Crippen molar-refractivity contribution in [1.82, 2.24) is 10.3 Å². The van der Waals surface area contributed by atoms with E-state index in [1.807, 2.05) is 66.9 Å². The molecule has 0 saturated carbocycles. The number of para-hydroxylation sites is 1. The van der Waals surface area contributed by atoms with Crippen LogP contribution in [0.3, 0.4) is 0 Å². The number of benzene rings is 3. The third-order valence-corrected chi connectivity index (χ3v) is 5.60. The predicted molar refractivity (Wildman–Crippen MR) is 115 cm³/mol. The molecule has 0 aliphatic carbocycles. The van der Waals surface area contributed by atoms with Gasteiger partial charge in [-0.15, -0.1) is 0 Å². The Morgan fingerprint density at radius 3 is 2.66 bits per heavy atom. The number of imide groups is 1. The zero-order valence-electron chi connectivity index (χ0n) is 15.9. The maximum atomic E-state index is 12.9. The fourth-order valence-electron chi connectivity index (χ4n) is 4.10. The van der Waals surface area contributed by atoms with Crippen LogP contribution < -0.4 is 10.2 Å². The first-order valence-electron chi connectivity index (χ1n) is 9.85. The summed E-state index contributed by atoms with van der Waals surface area (Å²) in [4.78, 5) is 30.0. The standard InChI is InChI=1S/C24H21N3O2/c28-23-14-22(25-12-11-18-15-26-21-8-4-3-7-20(18)21)24(29)27(23)19-10-9-16-5-1-2-6-17(16)13-19/h1-10,13,15,22,25-26H,11-12,14H2/t22-/m0/s1. The molecular weight excluding hydrogens is 362 g/mol. The zero-order valence-corrected chi connectivity index (χ0v) is 15.9. The summed E-state index contributed by atoms with van der Waals surface area (Å²) in [6.07, 6.45) is 2.99. The first kappa shape index (κ1) is 17.6. The summed E-state index contributed by atoms with van der Waals surface area (Å²) in [5.41, 5.74) is 2.95. The average Bonchev–Trinajstić information content (AvgIpc) is 3.28. The molecule has 5 nitrogen and oxygen atoms in total. The van der Waals surface area contributed by atoms with Gasteiger partial charge in [0.15, 0.2) is 0 Å². The number of aromatic amines is 1. The molecule has 2 N–H and O–H groups in total. The first-order chi connectivity index (χ1) is 14.2. The SMILES string of the molecule is O=C1C[C@H](NCCc2c[nH]c3ccccc23)C(=O)N1c1ccc2ccccc2c1. The highest BCUT2D eigenvalue weighted by molar-refractivity contribution is 6.22. The lowest BCUT2D eigenvalue weighted by Crippen LogP contribution is -2.39. The third kappa shape index (κ3) is 3.19. The Morgan fingerprint density at radius 2 is 1.76 bits per heavy atom. The number of carbonyl (C=O) groups excluding carboxylic acids is 2. The molecule has 4 aromatic rings. The minimum atomic E-state index is -0.473. The van der Waals surface area contributed by atoms with E-state index in [0.29, 0.717) is 12.2 Å². The summed E-state index contributed by atoms with van der Waals surface area (Å²) >= 11 is 0. The smallest absolute Gasteiger partial charge is 0.251 e. The Bertz CT molecular complexity index is 1230. The molecule has 0 bridgehead atoms. The lowest BCUT2D eigenvalue weighted by molar-refractivity contribution is -0.121. The van der Waals surface area contributed by atoms with Crippen LogP contribution in [0.25, 0.3) is 21.7 Å². The van der Waals surface area contributed by atoms with Gasteiger partial charge in [0.2, 0.25) is 5.91 Å². The number of anilines is 1. The molecule has 0 spiro atoms. The number of amides is 2. The lowest BCUT2D eigenvalue weighted by Gasteiger charge is -2.16. The topological polar surface area (TPSA) is 65.2 Å². The second-order valence-electron chi connectivity index (χ2n) is 7.42. The summed E-state index contributed by atoms with van der Waals surface area (Å²) in [7, 11) is 0. The second kappa shape index (κ2) is 7.18. The highest BCUT2D eigenvalue weighted by Gasteiger charge is 2.39. The minimum Gasteiger partial charge on any atom is -0.361 e. The van der Waals surface area contributed by atoms with Gasteiger partial charge in [-0.05, 0) is 41.0 Å². The van der Waals surface area contributed by atoms with Crippen molar-refractivity contribution in [2.75, 3.05) is 11.4 Å². The fraction of sp³-hybridized carbons (Fsp3) is 0.167. The summed E-state index contributed by atoms with van der Waals surface area (Å²) in [5.74, 6) is -0.334. The number of hydrogen-bond donors (Lipinski definition) is 2. The van der Waals surface area contributed by atoms with Crippen LogP contribution in [0.2, 0.25) is 0 Å². The Morgan fingerprint density at radius 1 is 0.966 bits per heavy atom. The molecule has 144 valence electrons. The molecule has 2 heterocycles. The molecule has 1 aliphatic heterocycles. The largest absolute Gasteiger partial charge is 0.361 e. The van der Waals surface area contributed by atoms with Gasteiger partial charge in [-0.3, -0.25) is 9.59 Å². The molecule has 1 aliphatic rings. The van der Waals surface area contributed by atoms with Gasteiger partial charge in [0.25, 0.3) is 5.91 Å². The van der Waals surface area contributed by atoms with Gasteiger partial charge in [0.05, 0.1) is 18.2 Å². The van der Waals surface area contributed by atoms with E-state index >= 15 is 0 Å². The number of aromatic nitrogens is 1. The lowest BCUT2D eigenvalue weighted by atomic mass is 10.1. The van der Waals surface area contributed by atoms with E-state index in [1.54, 1.807) is 0 Å². The van der Waals surface area contributed by atoms with Gasteiger partial charge >= 0.3 is 0 Å². The number of fused-ring (bicyclic) bond motifs is 2. The van der Waals surface area contributed by atoms with Gasteiger partial charge in [-0.2, -0.15) is 0 Å². The molecule has 1 atom stereocenters. The minimum absolute atomic E-state index is 0.158. The van der Waals surface area contributed by atoms with Gasteiger partial charge in [0.1, 0.15) is 0 Å². The van der Waals surface area contributed by atoms with Crippen molar-refractivity contribution in [2.24, 2.45) is 0 Å². The van der Waals surface area contributed by atoms with E-state index in [2.05, 4.69) is 16.4 Å². The summed E-state index contributed by atoms with van der Waals surface area (Å²) in [6, 6.07) is 21.3. The van der Waals surface area contributed by atoms with Gasteiger partial charge < -0.3 is 10.3 Å². The number of nitrogens with one attached hydrogen (secondary N) is 2. The molecule has 0 unspecified atom stereocenters. The van der Waals surface area contributed by atoms with Gasteiger partial charge in [-0.1, -0.05) is 48.5 Å². The van der Waals surface area contributed by atoms with Gasteiger partial charge in [0, 0.05) is 23.6 Å². The van der Waals surface area contributed by atoms with Crippen molar-refractivity contribution < 1.29 is 9.59 Å². The Kier molecular flexibility index (Phi) is 4.37. The molecule has 1 aromatic heterocycles. The molecule has 5 rings (SSSR count). The van der Waals surface area contributed by atoms with E-state index in [4.69, 9.17) is 0 Å². The van der Waals surface area contributed by atoms with E-state index in [1.165, 1.54) is 15.8 Å². The van der Waals surface area contributed by atoms with Crippen LogP contribution in [0, 0.1) is 0 Å². The number of hydrogen-bond acceptors (Lipinski definition) is 3. The molecule has 1 saturated heterocycles. The van der Waals surface area contributed by atoms with Crippen LogP contribution in [0.5, 0.6) is 0 Å². The highest BCUT2D eigenvalue weighted by atomic mass is 16.2. The van der Waals surface area contributed by atoms with E-state index < -0.39 is 6.04 Å². The molecule has 29 heavy (non-hydrogen) atoms. The van der Waals surface area contributed by atoms with E-state index in [0.717, 1.165) is 22.7 Å². The molecule has 3 aromatic carbocycles. The van der Waals surface area contributed by atoms with Crippen LogP contribution in [-0.2, 0) is 16.0 Å². The molecule has 2 amide bonds. The summed E-state index contributed by atoms with van der Waals surface area (Å²) in [6.45, 7) is 0.636. The highest BCUT2D eigenvalue weighted by Crippen LogP contribution is 2.27. The van der Waals surface area contributed by atoms with Crippen molar-refractivity contribution in [3.8, 4) is 0 Å². The maximum absolute atomic E-state index is 12.9. The van der Waals surface area contributed by atoms with E-state index in [-0.39, 0.29) is 18.2 Å². The fourth-order valence-corrected chi connectivity index (χ4v) is 4.10. The van der Waals surface area contributed by atoms with Crippen molar-refractivity contribution in [2.45, 2.75) is 18.9 Å². The van der Waals surface area contributed by atoms with Gasteiger partial charge in [-0.25, -0.2) is 4.90 Å². The van der Waals surface area contributed by atoms with Crippen molar-refractivity contribution in [1.29, 1.82) is 0 Å². The normalized spacial score (nSPS) is 17.0. The van der Waals surface area contributed by atoms with Crippen molar-refractivity contribution in [3.63, 3.8) is 0 Å². The van der Waals surface area contributed by atoms with Crippen LogP contribution in [0.1, 0.15) is 12.0 Å². The predicted octanol–water partition coefficient (Wildman–Crippen LogP) is 3.79. The zero-order chi connectivity index (χ0) is 19.8. The maximum Gasteiger partial charge on any atom is 0.251 e. The Hall–Kier alpha value is -3.44. The monoisotopic (exact) mass is 383 g/mol. The number of rotatable bonds is 5. The number of nitrogens with zero attached hydrogens (tertiary/aromatic N) is 1. The molecule has 5 heteroatoms. The third-order valence-electron chi connectivity index (χ3n) is 5.60. The Labute approximate surface area is 168 Å². The van der Waals surface area contributed by atoms with Crippen LogP contribution >= 0.6 is 0 Å². The second-order valence-corrected chi connectivity index (χ2v) is 7.42. The first-order valence-corrected chi connectivity index (χ1v) is 9.85. The number of carbonyl (C=O) groups is 2. The van der Waals surface area contributed by atoms with Crippen molar-refractivity contribution in [3.05, 3.63) is 78.5 Å². The van der Waals surface area contributed by atoms with Crippen molar-refractivity contribution >= 4 is 39.2 Å². The molecular formula is C24H21N3O2. The van der Waals surface area contributed by atoms with Crippen LogP contribution in [-0.4, -0.2) is 29.4 Å². The summed E-state index contributed by atoms with van der Waals surface area (Å²) in [5, 5.41) is 6.57. The molecule has 0 radical (unpaired) electrons. The summed E-state index contributed by atoms with van der Waals surface area (Å²) < 4.78 is 0. The van der Waals surface area contributed by atoms with Crippen LogP contribution in [0.4, 0.5) is 5.69 Å².